The Kier molecular flexibility index (Phi) is 65.9. The minimum absolute atomic E-state index is 0.00578. The van der Waals surface area contributed by atoms with E-state index in [0.717, 1.165) is 44.9 Å². The summed E-state index contributed by atoms with van der Waals surface area (Å²) in [5.41, 5.74) is 0. The maximum atomic E-state index is 12.5. The first-order chi connectivity index (χ1) is 38.5. The van der Waals surface area contributed by atoms with Crippen LogP contribution in [-0.4, -0.2) is 47.4 Å². The van der Waals surface area contributed by atoms with Crippen molar-refractivity contribution in [3.8, 4) is 0 Å². The number of amides is 1. The van der Waals surface area contributed by atoms with Crippen LogP contribution in [0.25, 0.3) is 0 Å². The van der Waals surface area contributed by atoms with Crippen molar-refractivity contribution in [2.75, 3.05) is 13.2 Å². The van der Waals surface area contributed by atoms with Crippen molar-refractivity contribution in [3.63, 3.8) is 0 Å². The lowest BCUT2D eigenvalue weighted by atomic mass is 10.0. The van der Waals surface area contributed by atoms with Gasteiger partial charge >= 0.3 is 5.97 Å². The van der Waals surface area contributed by atoms with E-state index in [1.165, 1.54) is 315 Å². The van der Waals surface area contributed by atoms with Gasteiger partial charge in [-0.3, -0.25) is 9.59 Å². The van der Waals surface area contributed by atoms with Gasteiger partial charge < -0.3 is 20.3 Å². The molecule has 0 heterocycles. The number of carbonyl (C=O) groups is 2. The van der Waals surface area contributed by atoms with Crippen LogP contribution in [0.1, 0.15) is 386 Å². The van der Waals surface area contributed by atoms with E-state index < -0.39 is 12.1 Å². The molecular formula is C72H137NO5. The minimum Gasteiger partial charge on any atom is -0.466 e. The summed E-state index contributed by atoms with van der Waals surface area (Å²) in [6.45, 7) is 4.92. The monoisotopic (exact) mass is 1100 g/mol. The number of ether oxygens (including phenoxy) is 1. The fraction of sp³-hybridized carbons (Fsp3) is 0.889. The van der Waals surface area contributed by atoms with Crippen molar-refractivity contribution in [2.45, 2.75) is 398 Å². The first-order valence-electron chi connectivity index (χ1n) is 35.3. The molecule has 0 saturated heterocycles. The van der Waals surface area contributed by atoms with Crippen molar-refractivity contribution in [2.24, 2.45) is 0 Å². The molecule has 6 nitrogen and oxygen atoms in total. The van der Waals surface area contributed by atoms with E-state index in [1.54, 1.807) is 6.08 Å². The Hall–Kier alpha value is -1.92. The summed E-state index contributed by atoms with van der Waals surface area (Å²) in [5.74, 6) is -0.0606. The van der Waals surface area contributed by atoms with E-state index in [1.807, 2.05) is 6.08 Å². The third-order valence-electron chi connectivity index (χ3n) is 16.4. The van der Waals surface area contributed by atoms with Gasteiger partial charge in [0, 0.05) is 12.8 Å². The highest BCUT2D eigenvalue weighted by Crippen LogP contribution is 2.18. The molecule has 0 rings (SSSR count). The number of nitrogens with one attached hydrogen (secondary N) is 1. The molecule has 0 saturated carbocycles. The zero-order valence-electron chi connectivity index (χ0n) is 52.7. The van der Waals surface area contributed by atoms with Crippen LogP contribution >= 0.6 is 0 Å². The average molecular weight is 1100 g/mol. The lowest BCUT2D eigenvalue weighted by Gasteiger charge is -2.20. The molecule has 2 atom stereocenters. The standard InChI is InChI=1S/C72H137NO5/c1-3-5-7-9-11-13-15-17-19-20-21-28-31-34-37-40-44-48-52-56-60-64-70(75)69(68-74)73-71(76)65-61-57-53-49-45-41-38-35-32-29-26-24-22-23-25-27-30-33-36-39-43-47-51-55-59-63-67-78-72(77)66-62-58-54-50-46-42-18-16-14-12-10-8-6-4-2/h16,18,22,24,60,64,69-70,74-75H,3-15,17,19-21,23,25-59,61-63,65-68H2,1-2H3,(H,73,76)/b18-16-,24-22-,64-60+. The number of unbranched alkanes of at least 4 members (excludes halogenated alkanes) is 51. The fourth-order valence-electron chi connectivity index (χ4n) is 11.0. The Morgan fingerprint density at radius 3 is 0.910 bits per heavy atom. The first-order valence-corrected chi connectivity index (χ1v) is 35.3. The fourth-order valence-corrected chi connectivity index (χ4v) is 11.0. The van der Waals surface area contributed by atoms with Crippen LogP contribution in [0.4, 0.5) is 0 Å². The van der Waals surface area contributed by atoms with Crippen molar-refractivity contribution >= 4 is 11.9 Å². The van der Waals surface area contributed by atoms with E-state index >= 15 is 0 Å². The molecule has 0 aliphatic carbocycles. The number of aliphatic hydroxyl groups is 2. The van der Waals surface area contributed by atoms with Crippen LogP contribution in [0.2, 0.25) is 0 Å². The lowest BCUT2D eigenvalue weighted by Crippen LogP contribution is -2.45. The molecule has 3 N–H and O–H groups in total. The molecule has 0 bridgehead atoms. The van der Waals surface area contributed by atoms with Crippen LogP contribution < -0.4 is 5.32 Å². The van der Waals surface area contributed by atoms with Gasteiger partial charge in [0.15, 0.2) is 0 Å². The number of rotatable bonds is 66. The van der Waals surface area contributed by atoms with Gasteiger partial charge in [-0.05, 0) is 83.5 Å². The molecule has 78 heavy (non-hydrogen) atoms. The van der Waals surface area contributed by atoms with Gasteiger partial charge in [0.05, 0.1) is 25.4 Å². The van der Waals surface area contributed by atoms with Crippen molar-refractivity contribution < 1.29 is 24.5 Å². The van der Waals surface area contributed by atoms with E-state index in [4.69, 9.17) is 4.74 Å². The second-order valence-corrected chi connectivity index (χ2v) is 24.2. The normalized spacial score (nSPS) is 12.7. The Labute approximate surface area is 487 Å². The molecule has 0 aliphatic rings. The summed E-state index contributed by atoms with van der Waals surface area (Å²) in [6, 6.07) is -0.631. The van der Waals surface area contributed by atoms with E-state index in [0.29, 0.717) is 19.4 Å². The number of aliphatic hydroxyl groups excluding tert-OH is 2. The maximum absolute atomic E-state index is 12.5. The van der Waals surface area contributed by atoms with Gasteiger partial charge in [-0.15, -0.1) is 0 Å². The molecule has 1 amide bonds. The minimum atomic E-state index is -0.847. The predicted molar refractivity (Wildman–Crippen MR) is 343 cm³/mol. The van der Waals surface area contributed by atoms with Crippen LogP contribution in [0, 0.1) is 0 Å². The number of allylic oxidation sites excluding steroid dienone is 5. The van der Waals surface area contributed by atoms with E-state index in [2.05, 4.69) is 43.5 Å². The summed E-state index contributed by atoms with van der Waals surface area (Å²) in [6.07, 6.45) is 86.5. The van der Waals surface area contributed by atoms with Crippen molar-refractivity contribution in [1.82, 2.24) is 5.32 Å². The van der Waals surface area contributed by atoms with E-state index in [-0.39, 0.29) is 18.5 Å². The first kappa shape index (κ1) is 76.1. The number of esters is 1. The lowest BCUT2D eigenvalue weighted by molar-refractivity contribution is -0.143. The highest BCUT2D eigenvalue weighted by Gasteiger charge is 2.18. The van der Waals surface area contributed by atoms with E-state index in [9.17, 15) is 19.8 Å². The highest BCUT2D eigenvalue weighted by atomic mass is 16.5. The summed E-state index contributed by atoms with van der Waals surface area (Å²) >= 11 is 0. The third kappa shape index (κ3) is 63.3. The van der Waals surface area contributed by atoms with Gasteiger partial charge in [-0.2, -0.15) is 0 Å². The molecule has 2 unspecified atom stereocenters. The quantitative estimate of drug-likeness (QED) is 0.0320. The molecule has 0 aliphatic heterocycles. The summed E-state index contributed by atoms with van der Waals surface area (Å²) < 4.78 is 5.48. The zero-order valence-corrected chi connectivity index (χ0v) is 52.7. The maximum Gasteiger partial charge on any atom is 0.305 e. The Bertz CT molecular complexity index is 1260. The van der Waals surface area contributed by atoms with Crippen molar-refractivity contribution in [1.29, 1.82) is 0 Å². The predicted octanol–water partition coefficient (Wildman–Crippen LogP) is 22.7. The van der Waals surface area contributed by atoms with Crippen LogP contribution in [0.15, 0.2) is 36.5 Å². The molecule has 460 valence electrons. The largest absolute Gasteiger partial charge is 0.466 e. The smallest absolute Gasteiger partial charge is 0.305 e. The molecule has 6 heteroatoms. The average Bonchev–Trinajstić information content (AvgIpc) is 3.44. The number of hydrogen-bond acceptors (Lipinski definition) is 5. The van der Waals surface area contributed by atoms with Gasteiger partial charge in [-0.1, -0.05) is 326 Å². The number of hydrogen-bond donors (Lipinski definition) is 3. The molecule has 0 fully saturated rings. The van der Waals surface area contributed by atoms with Crippen LogP contribution in [0.5, 0.6) is 0 Å². The summed E-state index contributed by atoms with van der Waals surface area (Å²) in [7, 11) is 0. The summed E-state index contributed by atoms with van der Waals surface area (Å²) in [5, 5.41) is 23.2. The molecule has 0 spiro atoms. The molecule has 0 aromatic carbocycles. The molecule has 0 aromatic rings. The van der Waals surface area contributed by atoms with Crippen LogP contribution in [-0.2, 0) is 14.3 Å². The SMILES string of the molecule is CCCCCCC/C=C\CCCCCCCC(=O)OCCCCCCCCCCCCCC/C=C\CCCCCCCCCCCCC(=O)NC(CO)C(O)/C=C/CCCCCCCCCCCCCCCCCCCCC. The third-order valence-corrected chi connectivity index (χ3v) is 16.4. The number of carbonyl (C=O) groups excluding carboxylic acids is 2. The van der Waals surface area contributed by atoms with Gasteiger partial charge in [0.2, 0.25) is 5.91 Å². The summed E-state index contributed by atoms with van der Waals surface area (Å²) in [4.78, 5) is 24.6. The molecule has 0 aromatic heterocycles. The molecule has 0 radical (unpaired) electrons. The van der Waals surface area contributed by atoms with Crippen LogP contribution in [0.3, 0.4) is 0 Å². The second kappa shape index (κ2) is 67.6. The van der Waals surface area contributed by atoms with Gasteiger partial charge in [-0.25, -0.2) is 0 Å². The zero-order chi connectivity index (χ0) is 56.4. The van der Waals surface area contributed by atoms with Crippen molar-refractivity contribution in [3.05, 3.63) is 36.5 Å². The Morgan fingerprint density at radius 2 is 0.603 bits per heavy atom. The van der Waals surface area contributed by atoms with Gasteiger partial charge in [0.25, 0.3) is 0 Å². The highest BCUT2D eigenvalue weighted by molar-refractivity contribution is 5.76. The second-order valence-electron chi connectivity index (χ2n) is 24.2. The van der Waals surface area contributed by atoms with Gasteiger partial charge in [0.1, 0.15) is 0 Å². The Morgan fingerprint density at radius 1 is 0.346 bits per heavy atom. The topological polar surface area (TPSA) is 95.9 Å². The Balaban J connectivity index is 3.42. The molecular weight excluding hydrogens is 959 g/mol.